The van der Waals surface area contributed by atoms with Crippen molar-refractivity contribution in [1.29, 1.82) is 0 Å². The van der Waals surface area contributed by atoms with Crippen LogP contribution in [0.5, 0.6) is 0 Å². The summed E-state index contributed by atoms with van der Waals surface area (Å²) in [6.45, 7) is 6.72. The zero-order valence-corrected chi connectivity index (χ0v) is 25.8. The highest BCUT2D eigenvalue weighted by Crippen LogP contribution is 2.37. The summed E-state index contributed by atoms with van der Waals surface area (Å²) in [5.41, 5.74) is 2.70. The first-order valence-corrected chi connectivity index (χ1v) is 15.8. The van der Waals surface area contributed by atoms with Gasteiger partial charge in [-0.1, -0.05) is 71.2 Å². The normalized spacial score (nSPS) is 14.7. The number of pyridine rings is 1. The van der Waals surface area contributed by atoms with Crippen LogP contribution in [0.15, 0.2) is 77.7 Å². The number of ether oxygens (including phenoxy) is 1. The number of benzene rings is 3. The summed E-state index contributed by atoms with van der Waals surface area (Å²) >= 11 is 12.9. The van der Waals surface area contributed by atoms with Gasteiger partial charge in [-0.25, -0.2) is 18.2 Å². The lowest BCUT2D eigenvalue weighted by atomic mass is 10.1. The molecule has 1 aliphatic heterocycles. The van der Waals surface area contributed by atoms with Crippen molar-refractivity contribution >= 4 is 55.8 Å². The van der Waals surface area contributed by atoms with Crippen molar-refractivity contribution < 1.29 is 17.9 Å². The molecule has 3 aromatic carbocycles. The highest BCUT2D eigenvalue weighted by Gasteiger charge is 2.30. The van der Waals surface area contributed by atoms with E-state index in [0.717, 1.165) is 38.3 Å². The number of carbonyl (C=O) groups excluding carboxylic acids is 1. The fourth-order valence-electron chi connectivity index (χ4n) is 5.12. The smallest absolute Gasteiger partial charge is 0.356 e. The molecule has 11 heteroatoms. The number of aryl methyl sites for hydroxylation is 1. The van der Waals surface area contributed by atoms with Gasteiger partial charge in [0.15, 0.2) is 5.69 Å². The molecule has 0 unspecified atom stereocenters. The highest BCUT2D eigenvalue weighted by atomic mass is 35.5. The summed E-state index contributed by atoms with van der Waals surface area (Å²) in [6, 6.07) is 21.6. The summed E-state index contributed by atoms with van der Waals surface area (Å²) in [7, 11) is -2.82. The maximum Gasteiger partial charge on any atom is 0.356 e. The van der Waals surface area contributed by atoms with Gasteiger partial charge in [-0.2, -0.15) is 0 Å². The van der Waals surface area contributed by atoms with Crippen molar-refractivity contribution in [2.45, 2.75) is 18.4 Å². The number of carbonyl (C=O) groups is 1. The monoisotopic (exact) mass is 626 g/mol. The summed E-state index contributed by atoms with van der Waals surface area (Å²) in [5, 5.41) is 0.932. The Bertz CT molecular complexity index is 1680. The number of anilines is 1. The molecule has 0 amide bonds. The highest BCUT2D eigenvalue weighted by molar-refractivity contribution is 7.92. The molecule has 42 heavy (non-hydrogen) atoms. The van der Waals surface area contributed by atoms with Gasteiger partial charge in [0.25, 0.3) is 10.0 Å². The topological polar surface area (TPSA) is 83.0 Å². The molecule has 0 aliphatic carbocycles. The van der Waals surface area contributed by atoms with E-state index in [2.05, 4.69) is 26.9 Å². The Labute approximate surface area is 256 Å². The van der Waals surface area contributed by atoms with Crippen molar-refractivity contribution in [3.63, 3.8) is 0 Å². The zero-order valence-electron chi connectivity index (χ0n) is 23.5. The first kappa shape index (κ1) is 30.3. The van der Waals surface area contributed by atoms with E-state index in [-0.39, 0.29) is 27.8 Å². The number of esters is 1. The third-order valence-electron chi connectivity index (χ3n) is 7.41. The van der Waals surface area contributed by atoms with E-state index in [1.54, 1.807) is 30.3 Å². The van der Waals surface area contributed by atoms with Crippen molar-refractivity contribution in [1.82, 2.24) is 14.8 Å². The van der Waals surface area contributed by atoms with Crippen LogP contribution < -0.4 is 4.31 Å². The second-order valence-corrected chi connectivity index (χ2v) is 13.0. The zero-order chi connectivity index (χ0) is 29.9. The summed E-state index contributed by atoms with van der Waals surface area (Å²) in [4.78, 5) is 21.8. The molecule has 1 saturated heterocycles. The lowest BCUT2D eigenvalue weighted by Gasteiger charge is -2.36. The predicted molar refractivity (Wildman–Crippen MR) is 167 cm³/mol. The molecule has 0 N–H and O–H groups in total. The van der Waals surface area contributed by atoms with Crippen molar-refractivity contribution in [3.05, 3.63) is 99.7 Å². The Hall–Kier alpha value is -3.21. The maximum atomic E-state index is 14.2. The number of rotatable bonds is 9. The van der Waals surface area contributed by atoms with E-state index in [4.69, 9.17) is 27.9 Å². The predicted octanol–water partition coefficient (Wildman–Crippen LogP) is 5.65. The van der Waals surface area contributed by atoms with Crippen LogP contribution in [0.25, 0.3) is 10.9 Å². The number of hydrogen-bond acceptors (Lipinski definition) is 7. The van der Waals surface area contributed by atoms with Gasteiger partial charge in [-0.15, -0.1) is 0 Å². The van der Waals surface area contributed by atoms with Crippen LogP contribution in [0.1, 0.15) is 21.6 Å². The average Bonchev–Trinajstić information content (AvgIpc) is 2.97. The van der Waals surface area contributed by atoms with Gasteiger partial charge in [-0.05, 0) is 42.8 Å². The second-order valence-electron chi connectivity index (χ2n) is 10.3. The van der Waals surface area contributed by atoms with E-state index in [9.17, 15) is 13.2 Å². The third kappa shape index (κ3) is 6.71. The number of piperazine rings is 1. The van der Waals surface area contributed by atoms with Gasteiger partial charge in [0.05, 0.1) is 28.2 Å². The molecule has 0 spiro atoms. The van der Waals surface area contributed by atoms with E-state index in [0.29, 0.717) is 22.5 Å². The molecule has 2 heterocycles. The van der Waals surface area contributed by atoms with E-state index in [1.165, 1.54) is 29.1 Å². The Kier molecular flexibility index (Phi) is 9.35. The number of fused-ring (bicyclic) bond motifs is 1. The molecule has 5 rings (SSSR count). The average molecular weight is 628 g/mol. The van der Waals surface area contributed by atoms with Gasteiger partial charge in [-0.3, -0.25) is 14.1 Å². The van der Waals surface area contributed by atoms with Gasteiger partial charge >= 0.3 is 5.97 Å². The van der Waals surface area contributed by atoms with Crippen LogP contribution in [0.2, 0.25) is 10.0 Å². The quantitative estimate of drug-likeness (QED) is 0.222. The van der Waals surface area contributed by atoms with Crippen LogP contribution >= 0.6 is 23.2 Å². The van der Waals surface area contributed by atoms with E-state index < -0.39 is 16.0 Å². The number of methoxy groups -OCH3 is 1. The number of hydrogen-bond donors (Lipinski definition) is 0. The van der Waals surface area contributed by atoms with E-state index in [1.807, 2.05) is 25.1 Å². The standard InChI is InChI=1S/C31H32Cl2N4O4S/c1-22-8-10-25(11-9-22)42(39,40)37(17-16-35-12-14-36(15-13-35)21-23-6-4-3-5-7-23)29-20-28(31(38)41-2)34-27-19-24(32)18-26(33)30(27)29/h3-11,18-20H,12-17,21H2,1-2H3. The molecular formula is C31H32Cl2N4O4S. The fourth-order valence-corrected chi connectivity index (χ4v) is 7.16. The molecule has 220 valence electrons. The molecule has 1 fully saturated rings. The van der Waals surface area contributed by atoms with Gasteiger partial charge in [0, 0.05) is 56.2 Å². The van der Waals surface area contributed by atoms with E-state index >= 15 is 0 Å². The Morgan fingerprint density at radius 2 is 1.62 bits per heavy atom. The molecule has 4 aromatic rings. The number of sulfonamides is 1. The van der Waals surface area contributed by atoms with Crippen molar-refractivity contribution in [2.75, 3.05) is 50.7 Å². The fraction of sp³-hybridized carbons (Fsp3) is 0.290. The first-order chi connectivity index (χ1) is 20.2. The minimum atomic E-state index is -4.07. The molecule has 1 aromatic heterocycles. The van der Waals surface area contributed by atoms with Crippen LogP contribution in [0.4, 0.5) is 5.69 Å². The molecule has 0 radical (unpaired) electrons. The lowest BCUT2D eigenvalue weighted by Crippen LogP contribution is -2.48. The minimum Gasteiger partial charge on any atom is -0.464 e. The Morgan fingerprint density at radius 1 is 0.952 bits per heavy atom. The minimum absolute atomic E-state index is 0.0445. The molecule has 0 bridgehead atoms. The second kappa shape index (κ2) is 13.0. The van der Waals surface area contributed by atoms with Gasteiger partial charge in [0.2, 0.25) is 0 Å². The van der Waals surface area contributed by atoms with Crippen LogP contribution in [0.3, 0.4) is 0 Å². The molecule has 0 atom stereocenters. The van der Waals surface area contributed by atoms with Gasteiger partial charge < -0.3 is 4.74 Å². The summed E-state index contributed by atoms with van der Waals surface area (Å²) < 4.78 is 34.7. The first-order valence-electron chi connectivity index (χ1n) is 13.6. The van der Waals surface area contributed by atoms with Crippen molar-refractivity contribution in [2.24, 2.45) is 0 Å². The summed E-state index contributed by atoms with van der Waals surface area (Å²) in [5.74, 6) is -0.698. The van der Waals surface area contributed by atoms with Gasteiger partial charge in [0.1, 0.15) is 0 Å². The molecule has 0 saturated carbocycles. The molecule has 8 nitrogen and oxygen atoms in total. The Morgan fingerprint density at radius 3 is 2.29 bits per heavy atom. The summed E-state index contributed by atoms with van der Waals surface area (Å²) in [6.07, 6.45) is 0. The lowest BCUT2D eigenvalue weighted by molar-refractivity contribution is 0.0594. The maximum absolute atomic E-state index is 14.2. The van der Waals surface area contributed by atoms with Crippen LogP contribution in [-0.2, 0) is 21.3 Å². The van der Waals surface area contributed by atoms with Crippen LogP contribution in [0, 0.1) is 6.92 Å². The molecular weight excluding hydrogens is 595 g/mol. The van der Waals surface area contributed by atoms with Crippen molar-refractivity contribution in [3.8, 4) is 0 Å². The SMILES string of the molecule is COC(=O)c1cc(N(CCN2CCN(Cc3ccccc3)CC2)S(=O)(=O)c2ccc(C)cc2)c2c(Cl)cc(Cl)cc2n1. The van der Waals surface area contributed by atoms with Crippen LogP contribution in [-0.4, -0.2) is 75.5 Å². The third-order valence-corrected chi connectivity index (χ3v) is 9.75. The largest absolute Gasteiger partial charge is 0.464 e. The Balaban J connectivity index is 1.48. The molecule has 1 aliphatic rings. The number of nitrogens with zero attached hydrogens (tertiary/aromatic N) is 4. The number of halogens is 2. The number of aromatic nitrogens is 1.